The molecule has 3 aromatic rings. The van der Waals surface area contributed by atoms with Gasteiger partial charge in [0.05, 0.1) is 17.4 Å². The first-order chi connectivity index (χ1) is 7.75. The molecule has 5 heteroatoms. The van der Waals surface area contributed by atoms with Gasteiger partial charge in [0.1, 0.15) is 0 Å². The van der Waals surface area contributed by atoms with E-state index in [-0.39, 0.29) is 0 Å². The fourth-order valence-electron chi connectivity index (χ4n) is 1.66. The smallest absolute Gasteiger partial charge is 0.180 e. The van der Waals surface area contributed by atoms with Crippen molar-refractivity contribution in [1.29, 1.82) is 0 Å². The molecule has 0 saturated carbocycles. The third-order valence-electron chi connectivity index (χ3n) is 2.40. The molecule has 0 saturated heterocycles. The summed E-state index contributed by atoms with van der Waals surface area (Å²) in [6.07, 6.45) is 3.64. The van der Waals surface area contributed by atoms with Crippen molar-refractivity contribution in [3.63, 3.8) is 0 Å². The van der Waals surface area contributed by atoms with Gasteiger partial charge in [0.25, 0.3) is 0 Å². The Hall–Kier alpha value is -1.75. The molecule has 0 spiro atoms. The Balaban J connectivity index is 2.29. The number of pyridine rings is 1. The fourth-order valence-corrected chi connectivity index (χ4v) is 1.97. The number of halogens is 1. The van der Waals surface area contributed by atoms with Crippen molar-refractivity contribution in [2.45, 2.75) is 0 Å². The Kier molecular flexibility index (Phi) is 2.00. The zero-order valence-electron chi connectivity index (χ0n) is 8.22. The van der Waals surface area contributed by atoms with Gasteiger partial charge in [0, 0.05) is 6.20 Å². The molecule has 0 unspecified atom stereocenters. The van der Waals surface area contributed by atoms with Crippen LogP contribution in [0.2, 0.25) is 0 Å². The maximum Gasteiger partial charge on any atom is 0.180 e. The van der Waals surface area contributed by atoms with E-state index in [0.29, 0.717) is 16.1 Å². The normalized spacial score (nSPS) is 11.1. The van der Waals surface area contributed by atoms with Crippen LogP contribution in [0.5, 0.6) is 0 Å². The van der Waals surface area contributed by atoms with Crippen molar-refractivity contribution in [2.24, 2.45) is 0 Å². The van der Waals surface area contributed by atoms with Gasteiger partial charge in [0.2, 0.25) is 0 Å². The Bertz CT molecular complexity index is 656. The molecule has 0 aliphatic carbocycles. The third-order valence-corrected chi connectivity index (χ3v) is 2.82. The van der Waals surface area contributed by atoms with Crippen LogP contribution < -0.4 is 5.73 Å². The second-order valence-electron chi connectivity index (χ2n) is 3.40. The summed E-state index contributed by atoms with van der Waals surface area (Å²) in [7, 11) is 0. The standard InChI is InChI=1S/C11H8BrN3O/c12-10-4-3-9(16-10)11-14-6-8-7(13)2-1-5-15(8)11/h1-6H,13H2. The summed E-state index contributed by atoms with van der Waals surface area (Å²) in [4.78, 5) is 4.31. The van der Waals surface area contributed by atoms with Gasteiger partial charge in [-0.05, 0) is 40.2 Å². The van der Waals surface area contributed by atoms with Crippen molar-refractivity contribution >= 4 is 27.1 Å². The average Bonchev–Trinajstić information content (AvgIpc) is 2.84. The van der Waals surface area contributed by atoms with Crippen LogP contribution in [-0.4, -0.2) is 9.38 Å². The average molecular weight is 278 g/mol. The zero-order valence-corrected chi connectivity index (χ0v) is 9.81. The maximum atomic E-state index is 5.85. The monoisotopic (exact) mass is 277 g/mol. The van der Waals surface area contributed by atoms with Crippen molar-refractivity contribution in [1.82, 2.24) is 9.38 Å². The van der Waals surface area contributed by atoms with Crippen LogP contribution in [-0.2, 0) is 0 Å². The highest BCUT2D eigenvalue weighted by Crippen LogP contribution is 2.26. The molecule has 0 aromatic carbocycles. The van der Waals surface area contributed by atoms with Crippen molar-refractivity contribution in [3.05, 3.63) is 41.3 Å². The highest BCUT2D eigenvalue weighted by atomic mass is 79.9. The first-order valence-corrected chi connectivity index (χ1v) is 5.52. The minimum Gasteiger partial charge on any atom is -0.446 e. The number of nitrogens with two attached hydrogens (primary N) is 1. The Morgan fingerprint density at radius 3 is 2.94 bits per heavy atom. The number of hydrogen-bond acceptors (Lipinski definition) is 3. The molecule has 0 aliphatic heterocycles. The van der Waals surface area contributed by atoms with Crippen LogP contribution in [0.25, 0.3) is 17.1 Å². The number of imidazole rings is 1. The van der Waals surface area contributed by atoms with Gasteiger partial charge in [0.15, 0.2) is 16.3 Å². The minimum atomic E-state index is 0.683. The van der Waals surface area contributed by atoms with E-state index in [1.807, 2.05) is 34.9 Å². The summed E-state index contributed by atoms with van der Waals surface area (Å²) < 4.78 is 8.06. The molecule has 0 radical (unpaired) electrons. The van der Waals surface area contributed by atoms with E-state index in [1.165, 1.54) is 0 Å². The van der Waals surface area contributed by atoms with Crippen molar-refractivity contribution in [2.75, 3.05) is 5.73 Å². The quantitative estimate of drug-likeness (QED) is 0.744. The molecule has 3 heterocycles. The first kappa shape index (κ1) is 9.47. The number of nitrogen functional groups attached to an aromatic ring is 1. The Labute approximate surface area is 99.8 Å². The topological polar surface area (TPSA) is 56.5 Å². The van der Waals surface area contributed by atoms with Crippen LogP contribution in [0.4, 0.5) is 5.69 Å². The minimum absolute atomic E-state index is 0.683. The van der Waals surface area contributed by atoms with E-state index >= 15 is 0 Å². The van der Waals surface area contributed by atoms with Crippen LogP contribution in [0.15, 0.2) is 45.7 Å². The number of furan rings is 1. The molecular weight excluding hydrogens is 270 g/mol. The SMILES string of the molecule is Nc1cccn2c(-c3ccc(Br)o3)ncc12. The summed E-state index contributed by atoms with van der Waals surface area (Å²) in [6, 6.07) is 7.43. The third kappa shape index (κ3) is 1.32. The summed E-state index contributed by atoms with van der Waals surface area (Å²) >= 11 is 3.27. The molecule has 0 amide bonds. The lowest BCUT2D eigenvalue weighted by Crippen LogP contribution is -1.92. The predicted octanol–water partition coefficient (Wildman–Crippen LogP) is 2.94. The lowest BCUT2D eigenvalue weighted by molar-refractivity contribution is 0.551. The van der Waals surface area contributed by atoms with Gasteiger partial charge < -0.3 is 10.2 Å². The molecule has 80 valence electrons. The molecule has 0 aliphatic rings. The molecule has 3 rings (SSSR count). The summed E-state index contributed by atoms with van der Waals surface area (Å²) in [6.45, 7) is 0. The predicted molar refractivity (Wildman–Crippen MR) is 65.0 cm³/mol. The van der Waals surface area contributed by atoms with Crippen molar-refractivity contribution < 1.29 is 4.42 Å². The Morgan fingerprint density at radius 2 is 2.19 bits per heavy atom. The highest BCUT2D eigenvalue weighted by molar-refractivity contribution is 9.10. The molecule has 0 atom stereocenters. The van der Waals surface area contributed by atoms with Gasteiger partial charge in [-0.15, -0.1) is 0 Å². The van der Waals surface area contributed by atoms with Gasteiger partial charge in [-0.1, -0.05) is 0 Å². The van der Waals surface area contributed by atoms with E-state index in [1.54, 1.807) is 6.20 Å². The van der Waals surface area contributed by atoms with Crippen LogP contribution in [0.1, 0.15) is 0 Å². The molecular formula is C11H8BrN3O. The fraction of sp³-hybridized carbons (Fsp3) is 0. The maximum absolute atomic E-state index is 5.85. The summed E-state index contributed by atoms with van der Waals surface area (Å²) in [5.74, 6) is 1.45. The van der Waals surface area contributed by atoms with Crippen LogP contribution in [0, 0.1) is 0 Å². The van der Waals surface area contributed by atoms with Gasteiger partial charge in [-0.2, -0.15) is 0 Å². The highest BCUT2D eigenvalue weighted by Gasteiger charge is 2.10. The van der Waals surface area contributed by atoms with E-state index in [2.05, 4.69) is 20.9 Å². The first-order valence-electron chi connectivity index (χ1n) is 4.73. The van der Waals surface area contributed by atoms with Gasteiger partial charge >= 0.3 is 0 Å². The molecule has 4 nitrogen and oxygen atoms in total. The van der Waals surface area contributed by atoms with Crippen LogP contribution in [0.3, 0.4) is 0 Å². The largest absolute Gasteiger partial charge is 0.446 e. The second kappa shape index (κ2) is 3.38. The van der Waals surface area contributed by atoms with Gasteiger partial charge in [-0.3, -0.25) is 4.40 Å². The molecule has 0 bridgehead atoms. The lowest BCUT2D eigenvalue weighted by Gasteiger charge is -1.99. The summed E-state index contributed by atoms with van der Waals surface area (Å²) in [5.41, 5.74) is 7.43. The van der Waals surface area contributed by atoms with E-state index in [4.69, 9.17) is 10.2 Å². The van der Waals surface area contributed by atoms with Crippen molar-refractivity contribution in [3.8, 4) is 11.6 Å². The number of fused-ring (bicyclic) bond motifs is 1. The molecule has 3 aromatic heterocycles. The van der Waals surface area contributed by atoms with Gasteiger partial charge in [-0.25, -0.2) is 4.98 Å². The van der Waals surface area contributed by atoms with E-state index in [9.17, 15) is 0 Å². The lowest BCUT2D eigenvalue weighted by atomic mass is 10.3. The number of anilines is 1. The Morgan fingerprint density at radius 1 is 1.31 bits per heavy atom. The number of rotatable bonds is 1. The molecule has 2 N–H and O–H groups in total. The van der Waals surface area contributed by atoms with E-state index in [0.717, 1.165) is 11.3 Å². The number of aromatic nitrogens is 2. The number of hydrogen-bond donors (Lipinski definition) is 1. The van der Waals surface area contributed by atoms with Crippen LogP contribution >= 0.6 is 15.9 Å². The second-order valence-corrected chi connectivity index (χ2v) is 4.19. The number of nitrogens with zero attached hydrogens (tertiary/aromatic N) is 2. The molecule has 0 fully saturated rings. The van der Waals surface area contributed by atoms with E-state index < -0.39 is 0 Å². The zero-order chi connectivity index (χ0) is 11.1. The molecule has 16 heavy (non-hydrogen) atoms. The summed E-state index contributed by atoms with van der Waals surface area (Å²) in [5, 5.41) is 0.